The van der Waals surface area contributed by atoms with E-state index in [1.54, 1.807) is 7.11 Å². The van der Waals surface area contributed by atoms with E-state index < -0.39 is 0 Å². The molecule has 0 unspecified atom stereocenters. The third-order valence-electron chi connectivity index (χ3n) is 2.39. The maximum atomic E-state index is 5.86. The van der Waals surface area contributed by atoms with E-state index in [4.69, 9.17) is 15.2 Å². The third-order valence-corrected chi connectivity index (χ3v) is 2.39. The number of nitrogens with zero attached hydrogens (tertiary/aromatic N) is 2. The second-order valence-corrected chi connectivity index (χ2v) is 3.50. The fourth-order valence-corrected chi connectivity index (χ4v) is 1.45. The van der Waals surface area contributed by atoms with E-state index in [1.165, 1.54) is 13.4 Å². The summed E-state index contributed by atoms with van der Waals surface area (Å²) in [5, 5.41) is 3.09. The molecule has 0 atom stereocenters. The number of nitrogens with two attached hydrogens (primary N) is 1. The molecule has 0 aliphatic heterocycles. The first-order valence-electron chi connectivity index (χ1n) is 5.30. The van der Waals surface area contributed by atoms with Gasteiger partial charge in [0.05, 0.1) is 14.2 Å². The number of hydrogen-bond acceptors (Lipinski definition) is 6. The Hall–Kier alpha value is -2.50. The van der Waals surface area contributed by atoms with Gasteiger partial charge in [0.2, 0.25) is 5.88 Å². The highest BCUT2D eigenvalue weighted by Gasteiger charge is 2.08. The summed E-state index contributed by atoms with van der Waals surface area (Å²) in [7, 11) is 3.13. The summed E-state index contributed by atoms with van der Waals surface area (Å²) in [6.07, 6.45) is 1.39. The van der Waals surface area contributed by atoms with Gasteiger partial charge in [0.25, 0.3) is 0 Å². The lowest BCUT2D eigenvalue weighted by Crippen LogP contribution is -2.03. The Balaban J connectivity index is 2.22. The quantitative estimate of drug-likeness (QED) is 0.856. The molecule has 0 spiro atoms. The minimum absolute atomic E-state index is 0.348. The fraction of sp³-hybridized carbons (Fsp3) is 0.167. The molecule has 0 radical (unpaired) electrons. The van der Waals surface area contributed by atoms with Gasteiger partial charge in [-0.25, -0.2) is 4.98 Å². The van der Waals surface area contributed by atoms with Crippen LogP contribution in [0.25, 0.3) is 0 Å². The molecule has 0 aliphatic carbocycles. The molecule has 0 saturated carbocycles. The zero-order valence-electron chi connectivity index (χ0n) is 10.2. The van der Waals surface area contributed by atoms with Gasteiger partial charge in [-0.3, -0.25) is 0 Å². The van der Waals surface area contributed by atoms with Crippen LogP contribution in [-0.2, 0) is 0 Å². The van der Waals surface area contributed by atoms with Gasteiger partial charge in [-0.2, -0.15) is 4.98 Å². The Morgan fingerprint density at radius 2 is 1.78 bits per heavy atom. The molecular weight excluding hydrogens is 232 g/mol. The minimum Gasteiger partial charge on any atom is -0.497 e. The highest BCUT2D eigenvalue weighted by molar-refractivity contribution is 5.72. The molecule has 2 aromatic rings. The van der Waals surface area contributed by atoms with Crippen molar-refractivity contribution in [2.45, 2.75) is 0 Å². The fourth-order valence-electron chi connectivity index (χ4n) is 1.45. The van der Waals surface area contributed by atoms with Crippen molar-refractivity contribution in [2.75, 3.05) is 25.3 Å². The van der Waals surface area contributed by atoms with Crippen LogP contribution in [0.15, 0.2) is 30.6 Å². The Kier molecular flexibility index (Phi) is 3.47. The van der Waals surface area contributed by atoms with Crippen LogP contribution in [0.2, 0.25) is 0 Å². The molecule has 1 aromatic carbocycles. The smallest absolute Gasteiger partial charge is 0.242 e. The van der Waals surface area contributed by atoms with Crippen molar-refractivity contribution in [1.29, 1.82) is 0 Å². The first-order chi connectivity index (χ1) is 8.74. The Bertz CT molecular complexity index is 528. The normalized spacial score (nSPS) is 9.89. The second kappa shape index (κ2) is 5.22. The maximum Gasteiger partial charge on any atom is 0.242 e. The van der Waals surface area contributed by atoms with E-state index in [1.807, 2.05) is 24.3 Å². The lowest BCUT2D eigenvalue weighted by molar-refractivity contribution is 0.399. The maximum absolute atomic E-state index is 5.86. The highest BCUT2D eigenvalue weighted by atomic mass is 16.5. The molecule has 94 valence electrons. The van der Waals surface area contributed by atoms with Gasteiger partial charge >= 0.3 is 0 Å². The van der Waals surface area contributed by atoms with Crippen molar-refractivity contribution >= 4 is 17.2 Å². The van der Waals surface area contributed by atoms with Gasteiger partial charge < -0.3 is 20.5 Å². The summed E-state index contributed by atoms with van der Waals surface area (Å²) in [4.78, 5) is 7.97. The molecule has 0 bridgehead atoms. The van der Waals surface area contributed by atoms with E-state index >= 15 is 0 Å². The predicted octanol–water partition coefficient (Wildman–Crippen LogP) is 1.82. The van der Waals surface area contributed by atoms with Crippen molar-refractivity contribution < 1.29 is 9.47 Å². The van der Waals surface area contributed by atoms with Gasteiger partial charge in [-0.05, 0) is 24.3 Å². The van der Waals surface area contributed by atoms with Crippen LogP contribution in [0.4, 0.5) is 17.2 Å². The Morgan fingerprint density at radius 1 is 1.06 bits per heavy atom. The number of benzene rings is 1. The molecule has 6 nitrogen and oxygen atoms in total. The van der Waals surface area contributed by atoms with Crippen molar-refractivity contribution in [3.63, 3.8) is 0 Å². The summed E-state index contributed by atoms with van der Waals surface area (Å²) in [6, 6.07) is 7.42. The van der Waals surface area contributed by atoms with Crippen LogP contribution in [-0.4, -0.2) is 24.2 Å². The van der Waals surface area contributed by atoms with Crippen LogP contribution < -0.4 is 20.5 Å². The predicted molar refractivity (Wildman–Crippen MR) is 69.3 cm³/mol. The molecule has 0 aliphatic rings. The van der Waals surface area contributed by atoms with Crippen LogP contribution in [0, 0.1) is 0 Å². The van der Waals surface area contributed by atoms with Gasteiger partial charge in [0, 0.05) is 5.69 Å². The van der Waals surface area contributed by atoms with Crippen molar-refractivity contribution in [3.8, 4) is 11.6 Å². The first kappa shape index (κ1) is 12.0. The molecule has 0 amide bonds. The van der Waals surface area contributed by atoms with Crippen molar-refractivity contribution in [1.82, 2.24) is 9.97 Å². The Labute approximate surface area is 105 Å². The number of nitrogens with one attached hydrogen (secondary N) is 1. The molecule has 18 heavy (non-hydrogen) atoms. The number of methoxy groups -OCH3 is 2. The van der Waals surface area contributed by atoms with E-state index in [9.17, 15) is 0 Å². The van der Waals surface area contributed by atoms with Crippen LogP contribution >= 0.6 is 0 Å². The van der Waals surface area contributed by atoms with Crippen molar-refractivity contribution in [2.24, 2.45) is 0 Å². The summed E-state index contributed by atoms with van der Waals surface area (Å²) in [5.41, 5.74) is 7.08. The van der Waals surface area contributed by atoms with Gasteiger partial charge in [0.1, 0.15) is 17.8 Å². The first-order valence-corrected chi connectivity index (χ1v) is 5.30. The molecule has 3 N–H and O–H groups in total. The third kappa shape index (κ3) is 2.42. The summed E-state index contributed by atoms with van der Waals surface area (Å²) >= 11 is 0. The van der Waals surface area contributed by atoms with Crippen LogP contribution in [0.3, 0.4) is 0 Å². The number of ether oxygens (including phenoxy) is 2. The lowest BCUT2D eigenvalue weighted by Gasteiger charge is -2.10. The number of aromatic nitrogens is 2. The SMILES string of the molecule is COc1ccc(Nc2ncnc(OC)c2N)cc1. The minimum atomic E-state index is 0.348. The number of nitrogen functional groups attached to an aromatic ring is 1. The topological polar surface area (TPSA) is 82.3 Å². The molecule has 1 heterocycles. The molecule has 1 aromatic heterocycles. The van der Waals surface area contributed by atoms with E-state index in [2.05, 4.69) is 15.3 Å². The van der Waals surface area contributed by atoms with Crippen LogP contribution in [0.1, 0.15) is 0 Å². The lowest BCUT2D eigenvalue weighted by atomic mass is 10.3. The van der Waals surface area contributed by atoms with Gasteiger partial charge in [0.15, 0.2) is 5.82 Å². The standard InChI is InChI=1S/C12H14N4O2/c1-17-9-5-3-8(4-6-9)16-11-10(13)12(18-2)15-7-14-11/h3-7H,13H2,1-2H3,(H,14,15,16). The van der Waals surface area contributed by atoms with E-state index in [0.717, 1.165) is 11.4 Å². The monoisotopic (exact) mass is 246 g/mol. The van der Waals surface area contributed by atoms with Gasteiger partial charge in [-0.1, -0.05) is 0 Å². The Morgan fingerprint density at radius 3 is 2.39 bits per heavy atom. The summed E-state index contributed by atoms with van der Waals surface area (Å²) < 4.78 is 10.1. The average molecular weight is 246 g/mol. The summed E-state index contributed by atoms with van der Waals surface area (Å²) in [6.45, 7) is 0. The highest BCUT2D eigenvalue weighted by Crippen LogP contribution is 2.27. The largest absolute Gasteiger partial charge is 0.497 e. The average Bonchev–Trinajstić information content (AvgIpc) is 2.42. The zero-order chi connectivity index (χ0) is 13.0. The molecule has 0 fully saturated rings. The summed E-state index contributed by atoms with van der Waals surface area (Å²) in [5.74, 6) is 1.64. The number of hydrogen-bond donors (Lipinski definition) is 2. The molecule has 2 rings (SSSR count). The molecular formula is C12H14N4O2. The van der Waals surface area contributed by atoms with E-state index in [0.29, 0.717) is 17.4 Å². The van der Waals surface area contributed by atoms with Gasteiger partial charge in [-0.15, -0.1) is 0 Å². The van der Waals surface area contributed by atoms with Crippen molar-refractivity contribution in [3.05, 3.63) is 30.6 Å². The molecule has 6 heteroatoms. The van der Waals surface area contributed by atoms with Crippen LogP contribution in [0.5, 0.6) is 11.6 Å². The number of rotatable bonds is 4. The second-order valence-electron chi connectivity index (χ2n) is 3.50. The number of anilines is 3. The van der Waals surface area contributed by atoms with E-state index in [-0.39, 0.29) is 0 Å². The zero-order valence-corrected chi connectivity index (χ0v) is 10.2. The molecule has 0 saturated heterocycles.